The van der Waals surface area contributed by atoms with Crippen molar-refractivity contribution in [1.29, 1.82) is 0 Å². The Balaban J connectivity index is 1.73. The summed E-state index contributed by atoms with van der Waals surface area (Å²) in [6.45, 7) is 13.1. The van der Waals surface area contributed by atoms with Crippen LogP contribution in [0.3, 0.4) is 0 Å². The molecule has 3 aliphatic rings. The van der Waals surface area contributed by atoms with E-state index in [2.05, 4.69) is 29.0 Å². The molecule has 0 amide bonds. The van der Waals surface area contributed by atoms with Crippen LogP contribution in [0.5, 0.6) is 0 Å². The molecule has 0 spiro atoms. The van der Waals surface area contributed by atoms with E-state index >= 15 is 4.39 Å². The third-order valence-electron chi connectivity index (χ3n) is 6.49. The lowest BCUT2D eigenvalue weighted by Gasteiger charge is -2.49. The average molecular weight is 393 g/mol. The van der Waals surface area contributed by atoms with Gasteiger partial charge in [-0.2, -0.15) is 0 Å². The number of piperazine rings is 1. The summed E-state index contributed by atoms with van der Waals surface area (Å²) in [5.74, 6) is -0.223. The maximum absolute atomic E-state index is 15.2. The van der Waals surface area contributed by atoms with Gasteiger partial charge >= 0.3 is 0 Å². The fourth-order valence-corrected chi connectivity index (χ4v) is 5.12. The van der Waals surface area contributed by atoms with Gasteiger partial charge in [-0.1, -0.05) is 0 Å². The zero-order valence-corrected chi connectivity index (χ0v) is 17.4. The normalized spacial score (nSPS) is 28.6. The topological polar surface area (TPSA) is 49.9 Å². The van der Waals surface area contributed by atoms with Crippen LogP contribution in [0, 0.1) is 5.82 Å². The van der Waals surface area contributed by atoms with Gasteiger partial charge in [-0.25, -0.2) is 9.37 Å². The van der Waals surface area contributed by atoms with Crippen molar-refractivity contribution in [2.45, 2.75) is 64.1 Å². The summed E-state index contributed by atoms with van der Waals surface area (Å²) in [7, 11) is 0. The van der Waals surface area contributed by atoms with Gasteiger partial charge in [0, 0.05) is 57.5 Å². The Kier molecular flexibility index (Phi) is 5.73. The highest BCUT2D eigenvalue weighted by Crippen LogP contribution is 2.49. The number of fused-ring (bicyclic) bond motifs is 2. The number of hydrogen-bond donors (Lipinski definition) is 1. The van der Waals surface area contributed by atoms with Crippen LogP contribution in [0.4, 0.5) is 4.39 Å². The number of likely N-dealkylation sites (tertiary alicyclic amines) is 2. The van der Waals surface area contributed by atoms with Gasteiger partial charge in [0.1, 0.15) is 5.82 Å². The fourth-order valence-electron chi connectivity index (χ4n) is 5.12. The first-order valence-electron chi connectivity index (χ1n) is 10.6. The van der Waals surface area contributed by atoms with E-state index in [-0.39, 0.29) is 11.4 Å². The van der Waals surface area contributed by atoms with Crippen molar-refractivity contribution >= 4 is 0 Å². The van der Waals surface area contributed by atoms with E-state index in [9.17, 15) is 0 Å². The van der Waals surface area contributed by atoms with Crippen molar-refractivity contribution in [2.24, 2.45) is 0 Å². The van der Waals surface area contributed by atoms with Gasteiger partial charge < -0.3 is 14.8 Å². The summed E-state index contributed by atoms with van der Waals surface area (Å²) in [6, 6.07) is 4.60. The molecule has 2 bridgehead atoms. The predicted molar refractivity (Wildman–Crippen MR) is 105 cm³/mol. The molecule has 4 rings (SSSR count). The third-order valence-corrected chi connectivity index (χ3v) is 6.49. The molecule has 156 valence electrons. The van der Waals surface area contributed by atoms with Gasteiger partial charge in [-0.05, 0) is 46.2 Å². The van der Waals surface area contributed by atoms with Crippen molar-refractivity contribution in [3.63, 3.8) is 0 Å². The first kappa shape index (κ1) is 20.2. The molecule has 0 aliphatic carbocycles. The van der Waals surface area contributed by atoms with E-state index in [0.717, 1.165) is 32.6 Å². The van der Waals surface area contributed by atoms with Gasteiger partial charge in [0.15, 0.2) is 0 Å². The molecule has 1 aromatic rings. The lowest BCUT2D eigenvalue weighted by atomic mass is 9.90. The van der Waals surface area contributed by atoms with Crippen LogP contribution in [0.2, 0.25) is 0 Å². The quantitative estimate of drug-likeness (QED) is 0.685. The molecule has 1 N–H and O–H groups in total. The molecule has 28 heavy (non-hydrogen) atoms. The number of pyridine rings is 1. The lowest BCUT2D eigenvalue weighted by Crippen LogP contribution is -2.65. The Bertz CT molecular complexity index is 693. The Morgan fingerprint density at radius 2 is 1.93 bits per heavy atom. The molecular formula is C21H33FN4O2. The van der Waals surface area contributed by atoms with E-state index in [1.807, 2.05) is 13.8 Å². The van der Waals surface area contributed by atoms with Crippen LogP contribution < -0.4 is 5.32 Å². The zero-order valence-electron chi connectivity index (χ0n) is 17.4. The molecule has 1 aromatic heterocycles. The van der Waals surface area contributed by atoms with E-state index in [4.69, 9.17) is 14.5 Å². The summed E-state index contributed by atoms with van der Waals surface area (Å²) in [5.41, 5.74) is 0.852. The van der Waals surface area contributed by atoms with Crippen molar-refractivity contribution < 1.29 is 13.9 Å². The van der Waals surface area contributed by atoms with Gasteiger partial charge in [-0.3, -0.25) is 9.80 Å². The minimum absolute atomic E-state index is 0.223. The SMILES string of the molecule is CCOC(OCC)c1ccc(F)c([C@@]23C[C@@H](CN2C2CNC2)N(C(C)C)C3)n1. The molecule has 3 aliphatic heterocycles. The Morgan fingerprint density at radius 3 is 2.50 bits per heavy atom. The molecule has 6 nitrogen and oxygen atoms in total. The van der Waals surface area contributed by atoms with Crippen LogP contribution in [0.15, 0.2) is 12.1 Å². The number of rotatable bonds is 8. The second-order valence-corrected chi connectivity index (χ2v) is 8.43. The lowest BCUT2D eigenvalue weighted by molar-refractivity contribution is -0.143. The summed E-state index contributed by atoms with van der Waals surface area (Å²) in [4.78, 5) is 9.86. The molecule has 0 saturated carbocycles. The van der Waals surface area contributed by atoms with Crippen molar-refractivity contribution in [1.82, 2.24) is 20.1 Å². The highest BCUT2D eigenvalue weighted by Gasteiger charge is 2.59. The van der Waals surface area contributed by atoms with E-state index in [1.165, 1.54) is 0 Å². The predicted octanol–water partition coefficient (Wildman–Crippen LogP) is 2.26. The average Bonchev–Trinajstić information content (AvgIpc) is 3.17. The van der Waals surface area contributed by atoms with Crippen molar-refractivity contribution in [3.8, 4) is 0 Å². The van der Waals surface area contributed by atoms with Gasteiger partial charge in [-0.15, -0.1) is 0 Å². The molecule has 0 aromatic carbocycles. The van der Waals surface area contributed by atoms with E-state index in [1.54, 1.807) is 12.1 Å². The number of hydrogen-bond acceptors (Lipinski definition) is 6. The Labute approximate surface area is 167 Å². The number of aromatic nitrogens is 1. The van der Waals surface area contributed by atoms with Crippen LogP contribution in [-0.2, 0) is 15.0 Å². The number of halogens is 1. The summed E-state index contributed by atoms with van der Waals surface area (Å²) in [6.07, 6.45) is 0.382. The number of ether oxygens (including phenoxy) is 2. The molecular weight excluding hydrogens is 359 g/mol. The first-order valence-corrected chi connectivity index (χ1v) is 10.6. The molecule has 2 atom stereocenters. The van der Waals surface area contributed by atoms with Crippen LogP contribution >= 0.6 is 0 Å². The largest absolute Gasteiger partial charge is 0.347 e. The molecule has 3 fully saturated rings. The molecule has 3 saturated heterocycles. The maximum Gasteiger partial charge on any atom is 0.201 e. The van der Waals surface area contributed by atoms with E-state index in [0.29, 0.717) is 42.7 Å². The molecule has 7 heteroatoms. The third kappa shape index (κ3) is 3.27. The number of nitrogens with one attached hydrogen (secondary N) is 1. The van der Waals surface area contributed by atoms with Gasteiger partial charge in [0.2, 0.25) is 6.29 Å². The van der Waals surface area contributed by atoms with Crippen molar-refractivity contribution in [2.75, 3.05) is 39.4 Å². The summed E-state index contributed by atoms with van der Waals surface area (Å²) in [5, 5.41) is 3.37. The zero-order chi connectivity index (χ0) is 19.9. The summed E-state index contributed by atoms with van der Waals surface area (Å²) >= 11 is 0. The Hall–Kier alpha value is -1.12. The molecule has 0 radical (unpaired) electrons. The van der Waals surface area contributed by atoms with Gasteiger partial charge in [0.25, 0.3) is 0 Å². The minimum Gasteiger partial charge on any atom is -0.347 e. The van der Waals surface area contributed by atoms with Crippen LogP contribution in [0.25, 0.3) is 0 Å². The Morgan fingerprint density at radius 1 is 1.21 bits per heavy atom. The molecule has 4 heterocycles. The van der Waals surface area contributed by atoms with Gasteiger partial charge in [0.05, 0.1) is 16.9 Å². The second-order valence-electron chi connectivity index (χ2n) is 8.43. The smallest absolute Gasteiger partial charge is 0.201 e. The highest BCUT2D eigenvalue weighted by atomic mass is 19.1. The highest BCUT2D eigenvalue weighted by molar-refractivity contribution is 5.29. The van der Waals surface area contributed by atoms with E-state index < -0.39 is 6.29 Å². The minimum atomic E-state index is -0.552. The number of nitrogens with zero attached hydrogens (tertiary/aromatic N) is 3. The van der Waals surface area contributed by atoms with Crippen LogP contribution in [-0.4, -0.2) is 72.3 Å². The van der Waals surface area contributed by atoms with Crippen molar-refractivity contribution in [3.05, 3.63) is 29.3 Å². The van der Waals surface area contributed by atoms with Crippen LogP contribution in [0.1, 0.15) is 51.8 Å². The summed E-state index contributed by atoms with van der Waals surface area (Å²) < 4.78 is 26.6. The first-order chi connectivity index (χ1) is 13.5. The molecule has 0 unspecified atom stereocenters. The maximum atomic E-state index is 15.2. The fraction of sp³-hybridized carbons (Fsp3) is 0.762. The monoisotopic (exact) mass is 392 g/mol. The second kappa shape index (κ2) is 7.95. The standard InChI is InChI=1S/C21H33FN4O2/c1-5-27-20(28-6-2)18-8-7-17(22)19(24-18)21-9-15(25(13-21)14(3)4)12-26(21)16-10-23-11-16/h7-8,14-16,20,23H,5-6,9-13H2,1-4H3/t15-,21-/m0/s1.